The van der Waals surface area contributed by atoms with Gasteiger partial charge < -0.3 is 0 Å². The molecule has 0 saturated carbocycles. The Morgan fingerprint density at radius 3 is 2.53 bits per heavy atom. The molecule has 2 nitrogen and oxygen atoms in total. The van der Waals surface area contributed by atoms with E-state index in [2.05, 4.69) is 42.4 Å². The molecule has 0 heterocycles. The molecule has 80 valence electrons. The first-order valence-corrected chi connectivity index (χ1v) is 8.47. The molecular formula is C12H17NOSi. The van der Waals surface area contributed by atoms with E-state index in [-0.39, 0.29) is 0 Å². The Kier molecular flexibility index (Phi) is 4.47. The van der Waals surface area contributed by atoms with Gasteiger partial charge >= 0.3 is 0 Å². The van der Waals surface area contributed by atoms with Crippen molar-refractivity contribution in [2.75, 3.05) is 6.54 Å². The third-order valence-electron chi connectivity index (χ3n) is 2.69. The van der Waals surface area contributed by atoms with Crippen molar-refractivity contribution in [3.05, 3.63) is 30.3 Å². The Morgan fingerprint density at radius 1 is 1.27 bits per heavy atom. The maximum Gasteiger partial charge on any atom is 0.234 e. The molecule has 3 heteroatoms. The molecule has 0 radical (unpaired) electrons. The molecule has 0 atom stereocenters. The van der Waals surface area contributed by atoms with Gasteiger partial charge in [0.05, 0.1) is 14.6 Å². The van der Waals surface area contributed by atoms with Crippen LogP contribution in [0.4, 0.5) is 0 Å². The van der Waals surface area contributed by atoms with Gasteiger partial charge in [-0.15, -0.1) is 0 Å². The number of hydrogen-bond acceptors (Lipinski definition) is 2. The van der Waals surface area contributed by atoms with Crippen LogP contribution in [0, 0.1) is 0 Å². The van der Waals surface area contributed by atoms with Gasteiger partial charge in [-0.25, -0.2) is 9.79 Å². The molecule has 0 N–H and O–H groups in total. The van der Waals surface area contributed by atoms with Gasteiger partial charge in [0.1, 0.15) is 0 Å². The van der Waals surface area contributed by atoms with Gasteiger partial charge in [-0.3, -0.25) is 0 Å². The first kappa shape index (κ1) is 11.9. The van der Waals surface area contributed by atoms with Crippen LogP contribution in [0.15, 0.2) is 35.3 Å². The van der Waals surface area contributed by atoms with E-state index in [1.54, 1.807) is 6.08 Å². The molecule has 0 fully saturated rings. The van der Waals surface area contributed by atoms with Gasteiger partial charge in [0.2, 0.25) is 6.08 Å². The molecule has 0 saturated heterocycles. The summed E-state index contributed by atoms with van der Waals surface area (Å²) in [5.41, 5.74) is 0. The predicted molar refractivity (Wildman–Crippen MR) is 66.0 cm³/mol. The van der Waals surface area contributed by atoms with Crippen molar-refractivity contribution in [2.24, 2.45) is 4.99 Å². The Balaban J connectivity index is 2.55. The molecule has 0 aromatic heterocycles. The van der Waals surface area contributed by atoms with E-state index < -0.39 is 8.07 Å². The highest BCUT2D eigenvalue weighted by atomic mass is 28.3. The third-order valence-corrected chi connectivity index (χ3v) is 6.19. The maximum atomic E-state index is 9.92. The van der Waals surface area contributed by atoms with E-state index in [0.29, 0.717) is 6.54 Å². The number of hydrogen-bond donors (Lipinski definition) is 0. The van der Waals surface area contributed by atoms with Crippen molar-refractivity contribution in [3.63, 3.8) is 0 Å². The van der Waals surface area contributed by atoms with Crippen LogP contribution < -0.4 is 5.19 Å². The summed E-state index contributed by atoms with van der Waals surface area (Å²) in [6, 6.07) is 11.8. The molecule has 1 aromatic carbocycles. The second kappa shape index (κ2) is 5.64. The van der Waals surface area contributed by atoms with Crippen LogP contribution in [0.3, 0.4) is 0 Å². The summed E-state index contributed by atoms with van der Waals surface area (Å²) in [7, 11) is -1.32. The van der Waals surface area contributed by atoms with Crippen LogP contribution in [0.5, 0.6) is 0 Å². The minimum atomic E-state index is -1.32. The highest BCUT2D eigenvalue weighted by Crippen LogP contribution is 2.12. The second-order valence-electron chi connectivity index (χ2n) is 4.33. The Hall–Kier alpha value is -1.18. The minimum Gasteiger partial charge on any atom is -0.211 e. The largest absolute Gasteiger partial charge is 0.234 e. The molecule has 0 aliphatic heterocycles. The standard InChI is InChI=1S/C12H17NOSi/c1-15(2,10-6-9-13-11-14)12-7-4-3-5-8-12/h3-5,7-8H,6,9-10H2,1-2H3. The van der Waals surface area contributed by atoms with Crippen molar-refractivity contribution in [2.45, 2.75) is 25.6 Å². The van der Waals surface area contributed by atoms with E-state index in [0.717, 1.165) is 6.42 Å². The van der Waals surface area contributed by atoms with Crippen LogP contribution >= 0.6 is 0 Å². The van der Waals surface area contributed by atoms with E-state index in [4.69, 9.17) is 0 Å². The second-order valence-corrected chi connectivity index (χ2v) is 9.17. The van der Waals surface area contributed by atoms with E-state index in [1.165, 1.54) is 11.2 Å². The fourth-order valence-corrected chi connectivity index (χ4v) is 4.10. The summed E-state index contributed by atoms with van der Waals surface area (Å²) in [5.74, 6) is 0. The van der Waals surface area contributed by atoms with Crippen LogP contribution in [0.1, 0.15) is 6.42 Å². The average molecular weight is 219 g/mol. The molecule has 0 unspecified atom stereocenters. The number of isocyanates is 1. The zero-order chi connectivity index (χ0) is 11.1. The molecule has 0 spiro atoms. The van der Waals surface area contributed by atoms with E-state index >= 15 is 0 Å². The third kappa shape index (κ3) is 3.82. The van der Waals surface area contributed by atoms with Gasteiger partial charge in [-0.2, -0.15) is 0 Å². The molecule has 0 aliphatic carbocycles. The topological polar surface area (TPSA) is 29.4 Å². The summed E-state index contributed by atoms with van der Waals surface area (Å²) in [6.45, 7) is 5.33. The molecule has 15 heavy (non-hydrogen) atoms. The Morgan fingerprint density at radius 2 is 1.93 bits per heavy atom. The monoisotopic (exact) mass is 219 g/mol. The molecule has 1 aromatic rings. The lowest BCUT2D eigenvalue weighted by atomic mass is 10.4. The van der Waals surface area contributed by atoms with Crippen molar-refractivity contribution >= 4 is 19.3 Å². The fraction of sp³-hybridized carbons (Fsp3) is 0.417. The summed E-state index contributed by atoms with van der Waals surface area (Å²) in [6.07, 6.45) is 2.57. The summed E-state index contributed by atoms with van der Waals surface area (Å²) in [4.78, 5) is 13.5. The zero-order valence-electron chi connectivity index (χ0n) is 9.36. The fourth-order valence-electron chi connectivity index (χ4n) is 1.68. The minimum absolute atomic E-state index is 0.618. The Bertz CT molecular complexity index is 342. The summed E-state index contributed by atoms with van der Waals surface area (Å²) in [5, 5.41) is 1.47. The lowest BCUT2D eigenvalue weighted by Crippen LogP contribution is -2.40. The molecular weight excluding hydrogens is 202 g/mol. The molecule has 0 amide bonds. The molecule has 1 rings (SSSR count). The van der Waals surface area contributed by atoms with Crippen LogP contribution in [0.25, 0.3) is 0 Å². The van der Waals surface area contributed by atoms with Crippen molar-refractivity contribution in [1.82, 2.24) is 0 Å². The van der Waals surface area contributed by atoms with Crippen LogP contribution in [-0.2, 0) is 4.79 Å². The lowest BCUT2D eigenvalue weighted by molar-refractivity contribution is 0.562. The number of carbonyl (C=O) groups excluding carboxylic acids is 1. The van der Waals surface area contributed by atoms with Crippen LogP contribution in [0.2, 0.25) is 19.1 Å². The van der Waals surface area contributed by atoms with Crippen molar-refractivity contribution < 1.29 is 4.79 Å². The highest BCUT2D eigenvalue weighted by molar-refractivity contribution is 6.89. The van der Waals surface area contributed by atoms with Gasteiger partial charge in [-0.1, -0.05) is 54.7 Å². The van der Waals surface area contributed by atoms with E-state index in [1.807, 2.05) is 6.07 Å². The normalized spacial score (nSPS) is 10.8. The van der Waals surface area contributed by atoms with Crippen LogP contribution in [-0.4, -0.2) is 20.7 Å². The predicted octanol–water partition coefficient (Wildman–Crippen LogP) is 2.33. The van der Waals surface area contributed by atoms with E-state index in [9.17, 15) is 4.79 Å². The lowest BCUT2D eigenvalue weighted by Gasteiger charge is -2.22. The summed E-state index contributed by atoms with van der Waals surface area (Å²) >= 11 is 0. The van der Waals surface area contributed by atoms with Gasteiger partial charge in [0.15, 0.2) is 0 Å². The van der Waals surface area contributed by atoms with Gasteiger partial charge in [0.25, 0.3) is 0 Å². The average Bonchev–Trinajstić information content (AvgIpc) is 2.26. The zero-order valence-corrected chi connectivity index (χ0v) is 10.4. The number of rotatable bonds is 5. The molecule has 0 aliphatic rings. The maximum absolute atomic E-state index is 9.92. The first-order valence-electron chi connectivity index (χ1n) is 5.26. The highest BCUT2D eigenvalue weighted by Gasteiger charge is 2.21. The smallest absolute Gasteiger partial charge is 0.211 e. The quantitative estimate of drug-likeness (QED) is 0.323. The Labute approximate surface area is 92.1 Å². The number of aliphatic imine (C=N–C) groups is 1. The van der Waals surface area contributed by atoms with Gasteiger partial charge in [-0.05, 0) is 6.42 Å². The number of nitrogens with zero attached hydrogens (tertiary/aromatic N) is 1. The van der Waals surface area contributed by atoms with Gasteiger partial charge in [0, 0.05) is 0 Å². The number of benzene rings is 1. The van der Waals surface area contributed by atoms with Crippen molar-refractivity contribution in [1.29, 1.82) is 0 Å². The first-order chi connectivity index (χ1) is 7.17. The molecule has 0 bridgehead atoms. The van der Waals surface area contributed by atoms with Crippen molar-refractivity contribution in [3.8, 4) is 0 Å². The SMILES string of the molecule is C[Si](C)(CCCN=C=O)c1ccccc1. The summed E-state index contributed by atoms with van der Waals surface area (Å²) < 4.78 is 0.